The molecule has 0 aromatic heterocycles. The number of aliphatic carboxylic acids is 1. The molecule has 0 radical (unpaired) electrons. The summed E-state index contributed by atoms with van der Waals surface area (Å²) in [6.45, 7) is 18.2. The maximum Gasteiger partial charge on any atom is 0.326 e. The van der Waals surface area contributed by atoms with Crippen molar-refractivity contribution in [2.24, 2.45) is 56.2 Å². The highest BCUT2D eigenvalue weighted by Gasteiger charge is 2.70. The van der Waals surface area contributed by atoms with Crippen LogP contribution >= 0.6 is 0 Å². The third-order valence-corrected chi connectivity index (χ3v) is 15.1. The fraction of sp³-hybridized carbons (Fsp3) is 0.725. The van der Waals surface area contributed by atoms with E-state index in [9.17, 15) is 24.6 Å². The molecule has 0 heterocycles. The fourth-order valence-electron chi connectivity index (χ4n) is 12.7. The van der Waals surface area contributed by atoms with Gasteiger partial charge in [-0.1, -0.05) is 91.3 Å². The van der Waals surface area contributed by atoms with E-state index in [-0.39, 0.29) is 63.1 Å². The lowest BCUT2D eigenvalue weighted by Crippen LogP contribution is -2.66. The number of allylic oxidation sites excluding steroid dienone is 2. The Balaban J connectivity index is 1.35. The van der Waals surface area contributed by atoms with Crippen LogP contribution in [0.5, 0.6) is 0 Å². The Hall–Kier alpha value is -2.47. The first kappa shape index (κ1) is 33.4. The predicted octanol–water partition coefficient (Wildman–Crippen LogP) is 7.39. The zero-order valence-electron chi connectivity index (χ0n) is 29.4. The zero-order valence-corrected chi connectivity index (χ0v) is 29.4. The first-order valence-corrected chi connectivity index (χ1v) is 17.8. The lowest BCUT2D eigenvalue weighted by molar-refractivity contribution is -0.197. The van der Waals surface area contributed by atoms with Crippen LogP contribution in [0.4, 0.5) is 0 Å². The molecule has 5 aliphatic carbocycles. The smallest absolute Gasteiger partial charge is 0.326 e. The van der Waals surface area contributed by atoms with E-state index in [0.717, 1.165) is 44.1 Å². The number of rotatable bonds is 5. The van der Waals surface area contributed by atoms with Crippen molar-refractivity contribution in [3.05, 3.63) is 47.5 Å². The van der Waals surface area contributed by atoms with Crippen LogP contribution in [0.25, 0.3) is 0 Å². The van der Waals surface area contributed by atoms with Gasteiger partial charge in [-0.25, -0.2) is 4.79 Å². The second-order valence-corrected chi connectivity index (χ2v) is 18.3. The minimum absolute atomic E-state index is 0.0632. The number of carboxylic acid groups (broad SMARTS) is 1. The van der Waals surface area contributed by atoms with Crippen LogP contribution in [-0.4, -0.2) is 40.0 Å². The molecule has 4 unspecified atom stereocenters. The molecule has 6 nitrogen and oxygen atoms in total. The summed E-state index contributed by atoms with van der Waals surface area (Å²) in [6.07, 6.45) is 8.73. The number of hydrogen-bond acceptors (Lipinski definition) is 4. The molecule has 0 bridgehead atoms. The van der Waals surface area contributed by atoms with Crippen LogP contribution in [0.15, 0.2) is 42.0 Å². The van der Waals surface area contributed by atoms with Gasteiger partial charge in [0.25, 0.3) is 0 Å². The highest BCUT2D eigenvalue weighted by atomic mass is 16.4. The first-order valence-electron chi connectivity index (χ1n) is 17.8. The Kier molecular flexibility index (Phi) is 7.83. The van der Waals surface area contributed by atoms with Crippen molar-refractivity contribution < 1.29 is 24.6 Å². The van der Waals surface area contributed by atoms with Crippen molar-refractivity contribution >= 4 is 17.7 Å². The van der Waals surface area contributed by atoms with E-state index in [1.807, 2.05) is 43.3 Å². The second kappa shape index (κ2) is 10.8. The summed E-state index contributed by atoms with van der Waals surface area (Å²) in [5.74, 6) is -0.110. The van der Waals surface area contributed by atoms with E-state index < -0.39 is 17.4 Å². The Morgan fingerprint density at radius 3 is 2.24 bits per heavy atom. The first-order chi connectivity index (χ1) is 21.3. The molecule has 46 heavy (non-hydrogen) atoms. The third kappa shape index (κ3) is 4.70. The molecule has 0 aliphatic heterocycles. The highest BCUT2D eigenvalue weighted by Crippen LogP contribution is 2.75. The molecule has 11 atom stereocenters. The topological polar surface area (TPSA) is 104 Å². The van der Waals surface area contributed by atoms with Crippen molar-refractivity contribution in [1.82, 2.24) is 5.32 Å². The van der Waals surface area contributed by atoms with Gasteiger partial charge in [-0.3, -0.25) is 9.59 Å². The summed E-state index contributed by atoms with van der Waals surface area (Å²) >= 11 is 0. The molecular weight excluding hydrogens is 574 g/mol. The van der Waals surface area contributed by atoms with Gasteiger partial charge in [-0.2, -0.15) is 0 Å². The molecule has 0 spiro atoms. The van der Waals surface area contributed by atoms with Crippen LogP contribution in [0.3, 0.4) is 0 Å². The van der Waals surface area contributed by atoms with Gasteiger partial charge in [0.2, 0.25) is 5.91 Å². The predicted molar refractivity (Wildman–Crippen MR) is 180 cm³/mol. The monoisotopic (exact) mass is 631 g/mol. The second-order valence-electron chi connectivity index (χ2n) is 18.3. The summed E-state index contributed by atoms with van der Waals surface area (Å²) in [4.78, 5) is 41.1. The number of nitrogens with one attached hydrogen (secondary N) is 1. The van der Waals surface area contributed by atoms with Gasteiger partial charge in [0, 0.05) is 17.8 Å². The fourth-order valence-corrected chi connectivity index (χ4v) is 12.7. The summed E-state index contributed by atoms with van der Waals surface area (Å²) < 4.78 is 0. The number of hydrogen-bond donors (Lipinski definition) is 3. The number of carbonyl (C=O) groups is 3. The van der Waals surface area contributed by atoms with Crippen molar-refractivity contribution in [2.75, 3.05) is 0 Å². The normalized spacial score (nSPS) is 45.2. The van der Waals surface area contributed by atoms with E-state index in [0.29, 0.717) is 24.7 Å². The van der Waals surface area contributed by atoms with Gasteiger partial charge in [0.1, 0.15) is 6.04 Å². The minimum atomic E-state index is -1.03. The maximum absolute atomic E-state index is 14.7. The van der Waals surface area contributed by atoms with E-state index in [1.54, 1.807) is 0 Å². The van der Waals surface area contributed by atoms with Crippen molar-refractivity contribution in [2.45, 2.75) is 125 Å². The van der Waals surface area contributed by atoms with E-state index in [1.165, 1.54) is 5.57 Å². The maximum atomic E-state index is 14.7. The van der Waals surface area contributed by atoms with Gasteiger partial charge < -0.3 is 15.5 Å². The number of carbonyl (C=O) groups excluding carboxylic acids is 2. The Bertz CT molecular complexity index is 1450. The van der Waals surface area contributed by atoms with Crippen LogP contribution < -0.4 is 5.32 Å². The van der Waals surface area contributed by atoms with Crippen molar-refractivity contribution in [3.63, 3.8) is 0 Å². The number of ketones is 1. The summed E-state index contributed by atoms with van der Waals surface area (Å²) in [7, 11) is 0. The molecule has 6 rings (SSSR count). The molecule has 6 heteroatoms. The summed E-state index contributed by atoms with van der Waals surface area (Å²) in [6, 6.07) is 8.45. The van der Waals surface area contributed by atoms with Gasteiger partial charge in [0.15, 0.2) is 5.78 Å². The van der Waals surface area contributed by atoms with Crippen LogP contribution in [0, 0.1) is 56.2 Å². The number of amides is 1. The number of fused-ring (bicyclic) bond motifs is 7. The van der Waals surface area contributed by atoms with Gasteiger partial charge in [-0.15, -0.1) is 0 Å². The summed E-state index contributed by atoms with van der Waals surface area (Å²) in [5, 5.41) is 24.0. The Labute approximate surface area is 276 Å². The number of benzene rings is 1. The molecule has 0 saturated heterocycles. The third-order valence-electron chi connectivity index (χ3n) is 15.1. The van der Waals surface area contributed by atoms with Gasteiger partial charge in [0.05, 0.1) is 6.10 Å². The lowest BCUT2D eigenvalue weighted by Gasteiger charge is -2.70. The summed E-state index contributed by atoms with van der Waals surface area (Å²) in [5.41, 5.74) is 0.360. The molecule has 4 saturated carbocycles. The molecule has 1 aromatic rings. The number of carboxylic acids is 1. The zero-order chi connectivity index (χ0) is 33.7. The Morgan fingerprint density at radius 1 is 0.935 bits per heavy atom. The molecule has 4 fully saturated rings. The van der Waals surface area contributed by atoms with Gasteiger partial charge in [-0.05, 0) is 108 Å². The van der Waals surface area contributed by atoms with Crippen LogP contribution in [0.1, 0.15) is 112 Å². The standard InChI is InChI=1S/C40H57NO5/c1-24-22-37(5)19-18-36(4,34(46)41-27(33(44)45)20-25-12-10-9-11-13-25)23-40(37,8)26-21-28(42)32-38(6)17-15-30(43)35(2,3)29(38)14-16-39(32,7)31(24)26/h9-13,21,24,27,29-32,43H,14-20,22-23H2,1-8H3,(H,41,46)(H,44,45)/t24-,27+,29?,30?,31?,32?,36-,37+,38-,39-,40-/m0/s1. The molecule has 252 valence electrons. The average molecular weight is 632 g/mol. The van der Waals surface area contributed by atoms with Gasteiger partial charge >= 0.3 is 5.97 Å². The molecule has 3 N–H and O–H groups in total. The molecule has 5 aliphatic rings. The number of aliphatic hydroxyl groups excluding tert-OH is 1. The molecular formula is C40H57NO5. The largest absolute Gasteiger partial charge is 0.480 e. The minimum Gasteiger partial charge on any atom is -0.480 e. The van der Waals surface area contributed by atoms with E-state index in [2.05, 4.69) is 53.8 Å². The number of aliphatic hydroxyl groups is 1. The van der Waals surface area contributed by atoms with Crippen molar-refractivity contribution in [3.8, 4) is 0 Å². The SMILES string of the molecule is C[C@H]1C[C@@]2(C)CC[C@](C)(C(=O)N[C@H](Cc3ccccc3)C(=O)O)C[C@@]2(C)C2=CC(=O)C3[C@@](C)(CCC4C(C)(C)C(O)CC[C@@]43C)C21. The van der Waals surface area contributed by atoms with Crippen molar-refractivity contribution in [1.29, 1.82) is 0 Å². The highest BCUT2D eigenvalue weighted by molar-refractivity contribution is 5.95. The Morgan fingerprint density at radius 2 is 1.59 bits per heavy atom. The van der Waals surface area contributed by atoms with Crippen LogP contribution in [-0.2, 0) is 20.8 Å². The average Bonchev–Trinajstić information content (AvgIpc) is 2.96. The molecule has 1 amide bonds. The van der Waals surface area contributed by atoms with E-state index in [4.69, 9.17) is 0 Å². The van der Waals surface area contributed by atoms with E-state index >= 15 is 0 Å². The lowest BCUT2D eigenvalue weighted by atomic mass is 9.33. The van der Waals surface area contributed by atoms with Crippen LogP contribution in [0.2, 0.25) is 0 Å². The molecule has 1 aromatic carbocycles. The quantitative estimate of drug-likeness (QED) is 0.315.